The van der Waals surface area contributed by atoms with Crippen LogP contribution in [0.4, 0.5) is 11.5 Å². The Morgan fingerprint density at radius 3 is 2.30 bits per heavy atom. The first-order chi connectivity index (χ1) is 13.2. The van der Waals surface area contributed by atoms with Gasteiger partial charge in [-0.25, -0.2) is 9.97 Å². The lowest BCUT2D eigenvalue weighted by Gasteiger charge is -2.16. The van der Waals surface area contributed by atoms with Gasteiger partial charge in [-0.15, -0.1) is 0 Å². The molecular formula is C22H19N5. The Bertz CT molecular complexity index is 1170. The average Bonchev–Trinajstić information content (AvgIpc) is 2.71. The van der Waals surface area contributed by atoms with Crippen molar-refractivity contribution in [1.82, 2.24) is 9.97 Å². The van der Waals surface area contributed by atoms with E-state index in [-0.39, 0.29) is 0 Å². The lowest BCUT2D eigenvalue weighted by molar-refractivity contribution is 1.06. The van der Waals surface area contributed by atoms with Crippen LogP contribution in [-0.2, 0) is 6.54 Å². The van der Waals surface area contributed by atoms with Crippen LogP contribution in [-0.4, -0.2) is 24.1 Å². The van der Waals surface area contributed by atoms with Gasteiger partial charge in [-0.2, -0.15) is 5.26 Å². The molecule has 0 atom stereocenters. The largest absolute Gasteiger partial charge is 0.380 e. The van der Waals surface area contributed by atoms with Gasteiger partial charge in [-0.1, -0.05) is 36.4 Å². The van der Waals surface area contributed by atoms with Gasteiger partial charge in [-0.05, 0) is 29.8 Å². The third-order valence-corrected chi connectivity index (χ3v) is 4.55. The minimum Gasteiger partial charge on any atom is -0.380 e. The van der Waals surface area contributed by atoms with Crippen molar-refractivity contribution < 1.29 is 0 Å². The first-order valence-corrected chi connectivity index (χ1v) is 8.75. The maximum Gasteiger partial charge on any atom is 0.143 e. The van der Waals surface area contributed by atoms with Crippen LogP contribution < -0.4 is 10.2 Å². The molecule has 132 valence electrons. The van der Waals surface area contributed by atoms with Gasteiger partial charge in [-0.3, -0.25) is 0 Å². The Kier molecular flexibility index (Phi) is 4.31. The SMILES string of the molecule is CN(C)c1cc(CNc2cc(C#N)nc3ccccc23)c2ccccc2n1. The highest BCUT2D eigenvalue weighted by Gasteiger charge is 2.09. The molecule has 1 N–H and O–H groups in total. The summed E-state index contributed by atoms with van der Waals surface area (Å²) in [4.78, 5) is 11.1. The number of nitrogens with one attached hydrogen (secondary N) is 1. The summed E-state index contributed by atoms with van der Waals surface area (Å²) in [5, 5.41) is 14.9. The van der Waals surface area contributed by atoms with Crippen LogP contribution in [0.1, 0.15) is 11.3 Å². The fraction of sp³-hybridized carbons (Fsp3) is 0.136. The van der Waals surface area contributed by atoms with E-state index in [2.05, 4.69) is 28.5 Å². The van der Waals surface area contributed by atoms with E-state index in [4.69, 9.17) is 4.98 Å². The topological polar surface area (TPSA) is 64.8 Å². The number of aromatic nitrogens is 2. The molecule has 27 heavy (non-hydrogen) atoms. The van der Waals surface area contributed by atoms with Crippen molar-refractivity contribution in [3.63, 3.8) is 0 Å². The summed E-state index contributed by atoms with van der Waals surface area (Å²) in [5.41, 5.74) is 4.25. The number of pyridine rings is 2. The van der Waals surface area contributed by atoms with E-state index in [1.165, 1.54) is 0 Å². The Hall–Kier alpha value is -3.65. The highest BCUT2D eigenvalue weighted by Crippen LogP contribution is 2.26. The molecule has 0 amide bonds. The van der Waals surface area contributed by atoms with E-state index in [1.807, 2.05) is 61.5 Å². The maximum atomic E-state index is 9.29. The Balaban J connectivity index is 1.76. The molecule has 0 bridgehead atoms. The molecule has 2 aromatic carbocycles. The zero-order valence-electron chi connectivity index (χ0n) is 15.3. The first-order valence-electron chi connectivity index (χ1n) is 8.75. The molecule has 0 aliphatic rings. The van der Waals surface area contributed by atoms with Crippen LogP contribution in [0.2, 0.25) is 0 Å². The number of benzene rings is 2. The first kappa shape index (κ1) is 16.8. The number of fused-ring (bicyclic) bond motifs is 2. The van der Waals surface area contributed by atoms with Gasteiger partial charge in [0.05, 0.1) is 11.0 Å². The number of hydrogen-bond donors (Lipinski definition) is 1. The van der Waals surface area contributed by atoms with E-state index in [0.717, 1.165) is 38.9 Å². The summed E-state index contributed by atoms with van der Waals surface area (Å²) in [6.45, 7) is 0.628. The molecule has 4 rings (SSSR count). The molecule has 5 nitrogen and oxygen atoms in total. The number of nitriles is 1. The highest BCUT2D eigenvalue weighted by molar-refractivity contribution is 5.92. The highest BCUT2D eigenvalue weighted by atomic mass is 15.1. The molecule has 0 unspecified atom stereocenters. The van der Waals surface area contributed by atoms with Crippen molar-refractivity contribution in [1.29, 1.82) is 5.26 Å². The van der Waals surface area contributed by atoms with E-state index in [1.54, 1.807) is 6.07 Å². The van der Waals surface area contributed by atoms with Crippen molar-refractivity contribution in [3.05, 3.63) is 71.9 Å². The molecule has 0 saturated heterocycles. The minimum absolute atomic E-state index is 0.407. The summed E-state index contributed by atoms with van der Waals surface area (Å²) in [6, 6.07) is 22.0. The van der Waals surface area contributed by atoms with E-state index < -0.39 is 0 Å². The summed E-state index contributed by atoms with van der Waals surface area (Å²) in [7, 11) is 3.98. The standard InChI is InChI=1S/C22H19N5/c1-27(2)22-11-15(17-7-3-5-9-19(17)26-22)14-24-21-12-16(13-23)25-20-10-6-4-8-18(20)21/h3-12H,14H2,1-2H3,(H,24,25). The summed E-state index contributed by atoms with van der Waals surface area (Å²) in [6.07, 6.45) is 0. The maximum absolute atomic E-state index is 9.29. The molecule has 0 aliphatic carbocycles. The van der Waals surface area contributed by atoms with E-state index >= 15 is 0 Å². The number of rotatable bonds is 4. The number of hydrogen-bond acceptors (Lipinski definition) is 5. The molecule has 0 radical (unpaired) electrons. The Morgan fingerprint density at radius 2 is 1.59 bits per heavy atom. The normalized spacial score (nSPS) is 10.7. The lowest BCUT2D eigenvalue weighted by atomic mass is 10.1. The molecule has 0 aliphatic heterocycles. The lowest BCUT2D eigenvalue weighted by Crippen LogP contribution is -2.12. The van der Waals surface area contributed by atoms with Gasteiger partial charge in [0.2, 0.25) is 0 Å². The molecule has 2 heterocycles. The van der Waals surface area contributed by atoms with Crippen LogP contribution in [0.3, 0.4) is 0 Å². The Labute approximate surface area is 157 Å². The molecule has 0 saturated carbocycles. The van der Waals surface area contributed by atoms with Gasteiger partial charge >= 0.3 is 0 Å². The average molecular weight is 353 g/mol. The molecule has 0 spiro atoms. The summed E-state index contributed by atoms with van der Waals surface area (Å²) < 4.78 is 0. The Morgan fingerprint density at radius 1 is 0.926 bits per heavy atom. The van der Waals surface area contributed by atoms with Crippen molar-refractivity contribution in [2.45, 2.75) is 6.54 Å². The van der Waals surface area contributed by atoms with Crippen LogP contribution >= 0.6 is 0 Å². The molecule has 0 fully saturated rings. The summed E-state index contributed by atoms with van der Waals surface area (Å²) >= 11 is 0. The molecule has 4 aromatic rings. The van der Waals surface area contributed by atoms with Crippen molar-refractivity contribution in [2.75, 3.05) is 24.3 Å². The van der Waals surface area contributed by atoms with Crippen molar-refractivity contribution >= 4 is 33.3 Å². The quantitative estimate of drug-likeness (QED) is 0.591. The van der Waals surface area contributed by atoms with E-state index in [0.29, 0.717) is 12.2 Å². The third-order valence-electron chi connectivity index (χ3n) is 4.55. The predicted molar refractivity (Wildman–Crippen MR) is 110 cm³/mol. The van der Waals surface area contributed by atoms with Gasteiger partial charge in [0, 0.05) is 37.1 Å². The minimum atomic E-state index is 0.407. The van der Waals surface area contributed by atoms with Gasteiger partial charge < -0.3 is 10.2 Å². The van der Waals surface area contributed by atoms with Gasteiger partial charge in [0.1, 0.15) is 17.6 Å². The summed E-state index contributed by atoms with van der Waals surface area (Å²) in [5.74, 6) is 0.919. The van der Waals surface area contributed by atoms with Crippen molar-refractivity contribution in [3.8, 4) is 6.07 Å². The zero-order valence-corrected chi connectivity index (χ0v) is 15.3. The van der Waals surface area contributed by atoms with Crippen LogP contribution in [0.5, 0.6) is 0 Å². The van der Waals surface area contributed by atoms with Crippen molar-refractivity contribution in [2.24, 2.45) is 0 Å². The molecule has 2 aromatic heterocycles. The van der Waals surface area contributed by atoms with Crippen LogP contribution in [0.25, 0.3) is 21.8 Å². The number of nitrogens with zero attached hydrogens (tertiary/aromatic N) is 4. The number of para-hydroxylation sites is 2. The second-order valence-electron chi connectivity index (χ2n) is 6.59. The smallest absolute Gasteiger partial charge is 0.143 e. The monoisotopic (exact) mass is 353 g/mol. The van der Waals surface area contributed by atoms with Crippen LogP contribution in [0, 0.1) is 11.3 Å². The predicted octanol–water partition coefficient (Wildman–Crippen LogP) is 4.33. The molecular weight excluding hydrogens is 334 g/mol. The van der Waals surface area contributed by atoms with Gasteiger partial charge in [0.15, 0.2) is 0 Å². The second kappa shape index (κ2) is 6.93. The fourth-order valence-electron chi connectivity index (χ4n) is 3.18. The van der Waals surface area contributed by atoms with Gasteiger partial charge in [0.25, 0.3) is 0 Å². The number of anilines is 2. The van der Waals surface area contributed by atoms with Crippen LogP contribution in [0.15, 0.2) is 60.7 Å². The van der Waals surface area contributed by atoms with E-state index in [9.17, 15) is 5.26 Å². The second-order valence-corrected chi connectivity index (χ2v) is 6.59. The third kappa shape index (κ3) is 3.25. The zero-order chi connectivity index (χ0) is 18.8. The molecule has 5 heteroatoms. The fourth-order valence-corrected chi connectivity index (χ4v) is 3.18.